The Bertz CT molecular complexity index is 372. The lowest BCUT2D eigenvalue weighted by molar-refractivity contribution is 0.421. The molecule has 0 aromatic carbocycles. The number of nitrogens with zero attached hydrogens (tertiary/aromatic N) is 2. The third kappa shape index (κ3) is 1.25. The first-order chi connectivity index (χ1) is 5.88. The van der Waals surface area contributed by atoms with Crippen LogP contribution in [-0.2, 0) is 0 Å². The number of hydrogen-bond donors (Lipinski definition) is 0. The maximum atomic E-state index is 4.76. The molecule has 0 saturated heterocycles. The largest absolute Gasteiger partial charge is 0.363 e. The molecular formula is C8H5BrN2O. The zero-order valence-electron chi connectivity index (χ0n) is 6.07. The van der Waals surface area contributed by atoms with E-state index in [1.807, 2.05) is 18.2 Å². The lowest BCUT2D eigenvalue weighted by Crippen LogP contribution is -1.81. The highest BCUT2D eigenvalue weighted by atomic mass is 79.9. The normalized spacial score (nSPS) is 10.1. The van der Waals surface area contributed by atoms with E-state index >= 15 is 0 Å². The van der Waals surface area contributed by atoms with Crippen molar-refractivity contribution >= 4 is 15.9 Å². The molecule has 0 bridgehead atoms. The molecule has 0 saturated carbocycles. The van der Waals surface area contributed by atoms with E-state index in [0.29, 0.717) is 0 Å². The Morgan fingerprint density at radius 2 is 2.25 bits per heavy atom. The molecule has 0 radical (unpaired) electrons. The van der Waals surface area contributed by atoms with Crippen molar-refractivity contribution in [1.82, 2.24) is 10.1 Å². The molecule has 60 valence electrons. The van der Waals surface area contributed by atoms with Gasteiger partial charge in [-0.3, -0.25) is 4.98 Å². The second-order valence-corrected chi connectivity index (χ2v) is 3.08. The van der Waals surface area contributed by atoms with E-state index in [2.05, 4.69) is 26.1 Å². The molecule has 0 atom stereocenters. The van der Waals surface area contributed by atoms with Crippen LogP contribution in [0.25, 0.3) is 11.4 Å². The second-order valence-electron chi connectivity index (χ2n) is 2.23. The predicted molar refractivity (Wildman–Crippen MR) is 47.4 cm³/mol. The molecule has 0 spiro atoms. The van der Waals surface area contributed by atoms with Crippen molar-refractivity contribution in [2.75, 3.05) is 0 Å². The van der Waals surface area contributed by atoms with E-state index in [0.717, 1.165) is 15.9 Å². The molecule has 2 aromatic rings. The first kappa shape index (κ1) is 7.49. The molecule has 12 heavy (non-hydrogen) atoms. The van der Waals surface area contributed by atoms with Crippen LogP contribution in [0.2, 0.25) is 0 Å². The SMILES string of the molecule is Brc1conc1-c1ccccn1. The highest BCUT2D eigenvalue weighted by Gasteiger charge is 2.07. The van der Waals surface area contributed by atoms with Crippen molar-refractivity contribution in [2.45, 2.75) is 0 Å². The quantitative estimate of drug-likeness (QED) is 0.748. The van der Waals surface area contributed by atoms with E-state index < -0.39 is 0 Å². The van der Waals surface area contributed by atoms with Gasteiger partial charge in [0, 0.05) is 6.20 Å². The van der Waals surface area contributed by atoms with Crippen LogP contribution in [0.4, 0.5) is 0 Å². The van der Waals surface area contributed by atoms with Gasteiger partial charge in [0.05, 0.1) is 10.2 Å². The Morgan fingerprint density at radius 1 is 1.33 bits per heavy atom. The van der Waals surface area contributed by atoms with Crippen LogP contribution in [0.3, 0.4) is 0 Å². The summed E-state index contributed by atoms with van der Waals surface area (Å²) in [5, 5.41) is 3.80. The lowest BCUT2D eigenvalue weighted by Gasteiger charge is -1.92. The molecular weight excluding hydrogens is 220 g/mol. The zero-order chi connectivity index (χ0) is 8.39. The molecule has 0 aliphatic rings. The second kappa shape index (κ2) is 3.06. The Morgan fingerprint density at radius 3 is 2.83 bits per heavy atom. The molecule has 2 aromatic heterocycles. The topological polar surface area (TPSA) is 38.9 Å². The molecule has 2 rings (SSSR count). The summed E-state index contributed by atoms with van der Waals surface area (Å²) in [5.74, 6) is 0. The summed E-state index contributed by atoms with van der Waals surface area (Å²) in [6.07, 6.45) is 3.25. The molecule has 0 aliphatic carbocycles. The maximum absolute atomic E-state index is 4.76. The molecule has 2 heterocycles. The average molecular weight is 225 g/mol. The Balaban J connectivity index is 2.51. The fourth-order valence-electron chi connectivity index (χ4n) is 0.897. The Labute approximate surface area is 77.5 Å². The number of aromatic nitrogens is 2. The first-order valence-electron chi connectivity index (χ1n) is 3.39. The van der Waals surface area contributed by atoms with Crippen LogP contribution in [0.15, 0.2) is 39.7 Å². The maximum Gasteiger partial charge on any atom is 0.146 e. The van der Waals surface area contributed by atoms with E-state index in [-0.39, 0.29) is 0 Å². The Hall–Kier alpha value is -1.16. The smallest absolute Gasteiger partial charge is 0.146 e. The highest BCUT2D eigenvalue weighted by molar-refractivity contribution is 9.10. The minimum Gasteiger partial charge on any atom is -0.363 e. The summed E-state index contributed by atoms with van der Waals surface area (Å²) >= 11 is 3.31. The monoisotopic (exact) mass is 224 g/mol. The molecule has 0 amide bonds. The minimum absolute atomic E-state index is 0.732. The summed E-state index contributed by atoms with van der Waals surface area (Å²) in [6.45, 7) is 0. The van der Waals surface area contributed by atoms with Gasteiger partial charge in [0.2, 0.25) is 0 Å². The number of pyridine rings is 1. The van der Waals surface area contributed by atoms with E-state index in [1.165, 1.54) is 6.26 Å². The summed E-state index contributed by atoms with van der Waals surface area (Å²) in [7, 11) is 0. The van der Waals surface area contributed by atoms with Gasteiger partial charge in [-0.25, -0.2) is 0 Å². The van der Waals surface area contributed by atoms with E-state index in [9.17, 15) is 0 Å². The summed E-state index contributed by atoms with van der Waals surface area (Å²) < 4.78 is 5.58. The third-order valence-electron chi connectivity index (χ3n) is 1.43. The van der Waals surface area contributed by atoms with Crippen LogP contribution in [0.1, 0.15) is 0 Å². The summed E-state index contributed by atoms with van der Waals surface area (Å²) in [6, 6.07) is 5.64. The minimum atomic E-state index is 0.732. The molecule has 3 nitrogen and oxygen atoms in total. The predicted octanol–water partition coefficient (Wildman–Crippen LogP) is 2.50. The first-order valence-corrected chi connectivity index (χ1v) is 4.18. The van der Waals surface area contributed by atoms with Crippen molar-refractivity contribution < 1.29 is 4.52 Å². The van der Waals surface area contributed by atoms with Crippen molar-refractivity contribution in [2.24, 2.45) is 0 Å². The molecule has 0 aliphatic heterocycles. The molecule has 0 unspecified atom stereocenters. The Kier molecular flexibility index (Phi) is 1.91. The number of hydrogen-bond acceptors (Lipinski definition) is 3. The third-order valence-corrected chi connectivity index (χ3v) is 2.00. The van der Waals surface area contributed by atoms with Crippen molar-refractivity contribution in [3.8, 4) is 11.4 Å². The van der Waals surface area contributed by atoms with Gasteiger partial charge in [0.25, 0.3) is 0 Å². The van der Waals surface area contributed by atoms with Crippen LogP contribution in [-0.4, -0.2) is 10.1 Å². The van der Waals surface area contributed by atoms with Gasteiger partial charge in [-0.2, -0.15) is 0 Å². The lowest BCUT2D eigenvalue weighted by atomic mass is 10.3. The van der Waals surface area contributed by atoms with Crippen LogP contribution in [0.5, 0.6) is 0 Å². The van der Waals surface area contributed by atoms with Gasteiger partial charge in [-0.15, -0.1) is 0 Å². The van der Waals surface area contributed by atoms with Gasteiger partial charge in [-0.05, 0) is 28.1 Å². The van der Waals surface area contributed by atoms with Gasteiger partial charge in [0.15, 0.2) is 0 Å². The number of rotatable bonds is 1. The molecule has 4 heteroatoms. The van der Waals surface area contributed by atoms with Gasteiger partial charge in [0.1, 0.15) is 12.0 Å². The van der Waals surface area contributed by atoms with Gasteiger partial charge >= 0.3 is 0 Å². The van der Waals surface area contributed by atoms with Gasteiger partial charge < -0.3 is 4.52 Å². The van der Waals surface area contributed by atoms with Gasteiger partial charge in [-0.1, -0.05) is 11.2 Å². The van der Waals surface area contributed by atoms with Crippen molar-refractivity contribution in [3.63, 3.8) is 0 Å². The summed E-state index contributed by atoms with van der Waals surface area (Å²) in [5.41, 5.74) is 1.54. The highest BCUT2D eigenvalue weighted by Crippen LogP contribution is 2.23. The fraction of sp³-hybridized carbons (Fsp3) is 0. The average Bonchev–Trinajstić information content (AvgIpc) is 2.53. The number of halogens is 1. The van der Waals surface area contributed by atoms with E-state index in [1.54, 1.807) is 6.20 Å². The standard InChI is InChI=1S/C8H5BrN2O/c9-6-5-12-11-8(6)7-3-1-2-4-10-7/h1-5H. The van der Waals surface area contributed by atoms with Crippen LogP contribution < -0.4 is 0 Å². The van der Waals surface area contributed by atoms with Crippen LogP contribution in [0, 0.1) is 0 Å². The molecule has 0 N–H and O–H groups in total. The van der Waals surface area contributed by atoms with E-state index in [4.69, 9.17) is 4.52 Å². The molecule has 0 fully saturated rings. The summed E-state index contributed by atoms with van der Waals surface area (Å²) in [4.78, 5) is 4.13. The van der Waals surface area contributed by atoms with Crippen molar-refractivity contribution in [3.05, 3.63) is 35.1 Å². The fourth-order valence-corrected chi connectivity index (χ4v) is 1.26. The zero-order valence-corrected chi connectivity index (χ0v) is 7.65. The van der Waals surface area contributed by atoms with Crippen molar-refractivity contribution in [1.29, 1.82) is 0 Å². The van der Waals surface area contributed by atoms with Crippen LogP contribution >= 0.6 is 15.9 Å².